The van der Waals surface area contributed by atoms with Gasteiger partial charge in [0, 0.05) is 11.8 Å². The Morgan fingerprint density at radius 1 is 1.47 bits per heavy atom. The van der Waals surface area contributed by atoms with Crippen molar-refractivity contribution in [1.82, 2.24) is 20.2 Å². The number of hydrogen-bond donors (Lipinski definition) is 2. The quantitative estimate of drug-likeness (QED) is 0.821. The van der Waals surface area contributed by atoms with Gasteiger partial charge >= 0.3 is 0 Å². The molecule has 6 heteroatoms. The normalized spacial score (nSPS) is 12.7. The van der Waals surface area contributed by atoms with E-state index < -0.39 is 6.10 Å². The molecule has 0 aliphatic carbocycles. The maximum absolute atomic E-state index is 9.53. The monoisotopic (exact) mass is 222 g/mol. The molecule has 2 heterocycles. The van der Waals surface area contributed by atoms with Crippen LogP contribution in [0.1, 0.15) is 18.6 Å². The lowest BCUT2D eigenvalue weighted by Crippen LogP contribution is -1.96. The van der Waals surface area contributed by atoms with E-state index in [2.05, 4.69) is 20.2 Å². The SMILES string of the molecule is C[C@@H](O)c1cccnc1Sc1ncn[nH]1. The van der Waals surface area contributed by atoms with E-state index >= 15 is 0 Å². The second-order valence-electron chi connectivity index (χ2n) is 2.97. The van der Waals surface area contributed by atoms with Crippen molar-refractivity contribution < 1.29 is 5.11 Å². The Balaban J connectivity index is 2.28. The number of H-pyrrole nitrogens is 1. The molecule has 0 saturated heterocycles. The fourth-order valence-corrected chi connectivity index (χ4v) is 1.99. The Morgan fingerprint density at radius 3 is 3.00 bits per heavy atom. The van der Waals surface area contributed by atoms with Gasteiger partial charge in [-0.2, -0.15) is 5.10 Å². The van der Waals surface area contributed by atoms with Gasteiger partial charge in [-0.05, 0) is 24.8 Å². The van der Waals surface area contributed by atoms with E-state index in [0.29, 0.717) is 5.16 Å². The highest BCUT2D eigenvalue weighted by Crippen LogP contribution is 2.28. The predicted molar refractivity (Wildman–Crippen MR) is 55.4 cm³/mol. The van der Waals surface area contributed by atoms with E-state index in [9.17, 15) is 5.11 Å². The fraction of sp³-hybridized carbons (Fsp3) is 0.222. The Bertz CT molecular complexity index is 429. The van der Waals surface area contributed by atoms with E-state index in [1.165, 1.54) is 18.1 Å². The molecular weight excluding hydrogens is 212 g/mol. The van der Waals surface area contributed by atoms with E-state index in [-0.39, 0.29) is 0 Å². The molecule has 0 amide bonds. The summed E-state index contributed by atoms with van der Waals surface area (Å²) in [7, 11) is 0. The molecule has 2 rings (SSSR count). The average Bonchev–Trinajstić information content (AvgIpc) is 2.71. The highest BCUT2D eigenvalue weighted by Gasteiger charge is 2.10. The fourth-order valence-electron chi connectivity index (χ4n) is 1.14. The molecule has 0 saturated carbocycles. The van der Waals surface area contributed by atoms with Gasteiger partial charge in [-0.25, -0.2) is 9.97 Å². The van der Waals surface area contributed by atoms with Crippen molar-refractivity contribution in [3.8, 4) is 0 Å². The molecule has 0 aliphatic heterocycles. The van der Waals surface area contributed by atoms with Crippen molar-refractivity contribution in [2.45, 2.75) is 23.2 Å². The summed E-state index contributed by atoms with van der Waals surface area (Å²) in [5, 5.41) is 17.4. The Hall–Kier alpha value is -1.40. The first-order chi connectivity index (χ1) is 7.27. The zero-order valence-corrected chi connectivity index (χ0v) is 8.90. The second kappa shape index (κ2) is 4.41. The van der Waals surface area contributed by atoms with Gasteiger partial charge in [0.05, 0.1) is 6.10 Å². The molecule has 1 atom stereocenters. The van der Waals surface area contributed by atoms with Gasteiger partial charge in [-0.1, -0.05) is 6.07 Å². The number of aliphatic hydroxyl groups excluding tert-OH is 1. The van der Waals surface area contributed by atoms with Gasteiger partial charge in [0.2, 0.25) is 0 Å². The van der Waals surface area contributed by atoms with Crippen LogP contribution in [0.3, 0.4) is 0 Å². The van der Waals surface area contributed by atoms with Crippen LogP contribution >= 0.6 is 11.8 Å². The van der Waals surface area contributed by atoms with Crippen molar-refractivity contribution in [2.24, 2.45) is 0 Å². The number of aromatic amines is 1. The van der Waals surface area contributed by atoms with Crippen LogP contribution < -0.4 is 0 Å². The molecule has 2 N–H and O–H groups in total. The summed E-state index contributed by atoms with van der Waals surface area (Å²) in [5.41, 5.74) is 0.791. The highest BCUT2D eigenvalue weighted by molar-refractivity contribution is 7.99. The van der Waals surface area contributed by atoms with Crippen molar-refractivity contribution in [3.63, 3.8) is 0 Å². The van der Waals surface area contributed by atoms with Gasteiger partial charge in [-0.3, -0.25) is 5.10 Å². The van der Waals surface area contributed by atoms with Crippen molar-refractivity contribution in [2.75, 3.05) is 0 Å². The van der Waals surface area contributed by atoms with Crippen LogP contribution in [0, 0.1) is 0 Å². The molecular formula is C9H10N4OS. The lowest BCUT2D eigenvalue weighted by molar-refractivity contribution is 0.195. The molecule has 15 heavy (non-hydrogen) atoms. The first-order valence-corrected chi connectivity index (χ1v) is 5.25. The molecule has 0 fully saturated rings. The average molecular weight is 222 g/mol. The Kier molecular flexibility index (Phi) is 2.98. The van der Waals surface area contributed by atoms with E-state index in [1.807, 2.05) is 6.07 Å². The van der Waals surface area contributed by atoms with Crippen LogP contribution in [-0.2, 0) is 0 Å². The zero-order valence-electron chi connectivity index (χ0n) is 8.08. The van der Waals surface area contributed by atoms with Gasteiger partial charge in [0.15, 0.2) is 5.16 Å². The third-order valence-electron chi connectivity index (χ3n) is 1.84. The summed E-state index contributed by atoms with van der Waals surface area (Å²) in [6.45, 7) is 1.71. The van der Waals surface area contributed by atoms with Crippen LogP contribution in [0.25, 0.3) is 0 Å². The van der Waals surface area contributed by atoms with Crippen LogP contribution in [0.2, 0.25) is 0 Å². The molecule has 2 aromatic heterocycles. The number of aliphatic hydroxyl groups is 1. The molecule has 0 aromatic carbocycles. The topological polar surface area (TPSA) is 74.7 Å². The van der Waals surface area contributed by atoms with Crippen LogP contribution in [-0.4, -0.2) is 25.3 Å². The summed E-state index contributed by atoms with van der Waals surface area (Å²) in [6.07, 6.45) is 2.59. The summed E-state index contributed by atoms with van der Waals surface area (Å²) in [5.74, 6) is 0. The number of aromatic nitrogens is 4. The molecule has 0 aliphatic rings. The van der Waals surface area contributed by atoms with Gasteiger partial charge in [-0.15, -0.1) is 0 Å². The third kappa shape index (κ3) is 2.34. The predicted octanol–water partition coefficient (Wildman–Crippen LogP) is 1.40. The number of nitrogens with one attached hydrogen (secondary N) is 1. The van der Waals surface area contributed by atoms with Crippen molar-refractivity contribution in [1.29, 1.82) is 0 Å². The van der Waals surface area contributed by atoms with Crippen LogP contribution in [0.4, 0.5) is 0 Å². The number of hydrogen-bond acceptors (Lipinski definition) is 5. The minimum Gasteiger partial charge on any atom is -0.389 e. The molecule has 78 valence electrons. The van der Waals surface area contributed by atoms with Gasteiger partial charge in [0.25, 0.3) is 0 Å². The largest absolute Gasteiger partial charge is 0.389 e. The van der Waals surface area contributed by atoms with Gasteiger partial charge < -0.3 is 5.11 Å². The summed E-state index contributed by atoms with van der Waals surface area (Å²) < 4.78 is 0. The lowest BCUT2D eigenvalue weighted by Gasteiger charge is -2.08. The highest BCUT2D eigenvalue weighted by atomic mass is 32.2. The number of pyridine rings is 1. The first kappa shape index (κ1) is 10.1. The van der Waals surface area contributed by atoms with E-state index in [4.69, 9.17) is 0 Å². The summed E-state index contributed by atoms with van der Waals surface area (Å²) in [6, 6.07) is 3.64. The number of rotatable bonds is 3. The first-order valence-electron chi connectivity index (χ1n) is 4.43. The zero-order chi connectivity index (χ0) is 10.7. The standard InChI is InChI=1S/C9H10N4OS/c1-6(14)7-3-2-4-10-8(7)15-9-11-5-12-13-9/h2-6,14H,1H3,(H,11,12,13)/t6-/m1/s1. The van der Waals surface area contributed by atoms with Crippen molar-refractivity contribution in [3.05, 3.63) is 30.2 Å². The maximum atomic E-state index is 9.53. The molecule has 2 aromatic rings. The van der Waals surface area contributed by atoms with Crippen LogP contribution in [0.15, 0.2) is 34.8 Å². The molecule has 0 spiro atoms. The van der Waals surface area contributed by atoms with Crippen molar-refractivity contribution >= 4 is 11.8 Å². The van der Waals surface area contributed by atoms with Crippen LogP contribution in [0.5, 0.6) is 0 Å². The smallest absolute Gasteiger partial charge is 0.189 e. The summed E-state index contributed by atoms with van der Waals surface area (Å²) in [4.78, 5) is 8.18. The lowest BCUT2D eigenvalue weighted by atomic mass is 10.2. The molecule has 0 bridgehead atoms. The molecule has 0 unspecified atom stereocenters. The Labute approximate surface area is 91.0 Å². The third-order valence-corrected chi connectivity index (χ3v) is 2.76. The maximum Gasteiger partial charge on any atom is 0.189 e. The minimum absolute atomic E-state index is 0.538. The number of nitrogens with zero attached hydrogens (tertiary/aromatic N) is 3. The minimum atomic E-state index is -0.538. The molecule has 5 nitrogen and oxygen atoms in total. The Morgan fingerprint density at radius 2 is 2.33 bits per heavy atom. The second-order valence-corrected chi connectivity index (χ2v) is 3.94. The van der Waals surface area contributed by atoms with E-state index in [0.717, 1.165) is 10.6 Å². The van der Waals surface area contributed by atoms with Gasteiger partial charge in [0.1, 0.15) is 11.4 Å². The molecule has 0 radical (unpaired) electrons. The summed E-state index contributed by atoms with van der Waals surface area (Å²) >= 11 is 1.35. The van der Waals surface area contributed by atoms with E-state index in [1.54, 1.807) is 19.2 Å².